The minimum atomic E-state index is 0.458. The first-order chi connectivity index (χ1) is 6.33. The van der Waals surface area contributed by atoms with Crippen LogP contribution >= 0.6 is 0 Å². The average Bonchev–Trinajstić information content (AvgIpc) is 2.18. The summed E-state index contributed by atoms with van der Waals surface area (Å²) >= 11 is 0. The Bertz CT molecular complexity index is 250. The van der Waals surface area contributed by atoms with Crippen molar-refractivity contribution >= 4 is 5.78 Å². The highest BCUT2D eigenvalue weighted by molar-refractivity contribution is 5.97. The molecule has 0 aliphatic heterocycles. The molecule has 1 unspecified atom stereocenters. The first kappa shape index (κ1) is 8.98. The van der Waals surface area contributed by atoms with E-state index in [9.17, 15) is 4.79 Å². The lowest BCUT2D eigenvalue weighted by Gasteiger charge is -2.30. The lowest BCUT2D eigenvalue weighted by molar-refractivity contribution is -0.116. The maximum atomic E-state index is 11.6. The van der Waals surface area contributed by atoms with E-state index in [1.165, 1.54) is 36.8 Å². The molecule has 2 aliphatic carbocycles. The zero-order valence-corrected chi connectivity index (χ0v) is 8.44. The average molecular weight is 178 g/mol. The molecule has 2 aliphatic rings. The molecule has 0 N–H and O–H groups in total. The van der Waals surface area contributed by atoms with E-state index >= 15 is 0 Å². The van der Waals surface area contributed by atoms with Gasteiger partial charge >= 0.3 is 0 Å². The summed E-state index contributed by atoms with van der Waals surface area (Å²) < 4.78 is 0. The summed E-state index contributed by atoms with van der Waals surface area (Å²) in [5, 5.41) is 0. The number of hydrogen-bond acceptors (Lipinski definition) is 1. The molecule has 0 bridgehead atoms. The minimum Gasteiger partial charge on any atom is -0.295 e. The van der Waals surface area contributed by atoms with Crippen LogP contribution < -0.4 is 0 Å². The summed E-state index contributed by atoms with van der Waals surface area (Å²) in [6.45, 7) is 2.25. The van der Waals surface area contributed by atoms with Crippen molar-refractivity contribution in [3.05, 3.63) is 11.1 Å². The van der Waals surface area contributed by atoms with Crippen LogP contribution in [0.5, 0.6) is 0 Å². The molecule has 0 aromatic heterocycles. The predicted octanol–water partition coefficient (Wildman–Crippen LogP) is 3.25. The molecule has 0 aromatic carbocycles. The standard InChI is InChI=1S/C12H18O/c1-2-9-5-3-7-11-10(9)6-4-8-12(11)13/h9H,2-8H2,1H3. The number of Topliss-reactive ketones (excluding diaryl/α,β-unsaturated/α-hetero) is 1. The molecule has 72 valence electrons. The minimum absolute atomic E-state index is 0.458. The van der Waals surface area contributed by atoms with E-state index in [4.69, 9.17) is 0 Å². The predicted molar refractivity (Wildman–Crippen MR) is 53.5 cm³/mol. The summed E-state index contributed by atoms with van der Waals surface area (Å²) in [4.78, 5) is 11.6. The van der Waals surface area contributed by atoms with Crippen molar-refractivity contribution in [2.75, 3.05) is 0 Å². The summed E-state index contributed by atoms with van der Waals surface area (Å²) in [5.74, 6) is 1.20. The van der Waals surface area contributed by atoms with Crippen LogP contribution in [-0.2, 0) is 4.79 Å². The summed E-state index contributed by atoms with van der Waals surface area (Å²) in [5.41, 5.74) is 2.76. The van der Waals surface area contributed by atoms with Crippen LogP contribution in [0.2, 0.25) is 0 Å². The first-order valence-corrected chi connectivity index (χ1v) is 5.58. The Kier molecular flexibility index (Phi) is 2.52. The van der Waals surface area contributed by atoms with Gasteiger partial charge in [-0.1, -0.05) is 12.5 Å². The van der Waals surface area contributed by atoms with Crippen molar-refractivity contribution in [2.45, 2.75) is 51.9 Å². The highest BCUT2D eigenvalue weighted by Gasteiger charge is 2.27. The zero-order chi connectivity index (χ0) is 9.26. The second-order valence-corrected chi connectivity index (χ2v) is 4.28. The molecule has 0 spiro atoms. The van der Waals surface area contributed by atoms with Crippen molar-refractivity contribution in [1.29, 1.82) is 0 Å². The van der Waals surface area contributed by atoms with E-state index in [-0.39, 0.29) is 0 Å². The number of carbonyl (C=O) groups excluding carboxylic acids is 1. The number of ketones is 1. The summed E-state index contributed by atoms with van der Waals surface area (Å²) in [6, 6.07) is 0. The lowest BCUT2D eigenvalue weighted by Crippen LogP contribution is -2.20. The monoisotopic (exact) mass is 178 g/mol. The number of allylic oxidation sites excluding steroid dienone is 2. The van der Waals surface area contributed by atoms with Gasteiger partial charge in [0.2, 0.25) is 0 Å². The third kappa shape index (κ3) is 1.56. The molecule has 2 rings (SSSR count). The largest absolute Gasteiger partial charge is 0.295 e. The molecular formula is C12H18O. The first-order valence-electron chi connectivity index (χ1n) is 5.58. The Labute approximate surface area is 80.2 Å². The molecule has 0 saturated carbocycles. The molecule has 0 saturated heterocycles. The summed E-state index contributed by atoms with van der Waals surface area (Å²) in [7, 11) is 0. The van der Waals surface area contributed by atoms with E-state index < -0.39 is 0 Å². The van der Waals surface area contributed by atoms with Gasteiger partial charge in [0, 0.05) is 6.42 Å². The van der Waals surface area contributed by atoms with Gasteiger partial charge in [-0.05, 0) is 50.0 Å². The quantitative estimate of drug-likeness (QED) is 0.602. The van der Waals surface area contributed by atoms with Crippen LogP contribution in [0.25, 0.3) is 0 Å². The zero-order valence-electron chi connectivity index (χ0n) is 8.44. The van der Waals surface area contributed by atoms with Gasteiger partial charge in [0.1, 0.15) is 0 Å². The van der Waals surface area contributed by atoms with E-state index in [1.54, 1.807) is 0 Å². The molecule has 0 heterocycles. The Balaban J connectivity index is 2.29. The molecule has 0 radical (unpaired) electrons. The van der Waals surface area contributed by atoms with E-state index in [0.29, 0.717) is 5.78 Å². The highest BCUT2D eigenvalue weighted by Crippen LogP contribution is 2.38. The maximum Gasteiger partial charge on any atom is 0.158 e. The van der Waals surface area contributed by atoms with Crippen LogP contribution in [-0.4, -0.2) is 5.78 Å². The van der Waals surface area contributed by atoms with Crippen LogP contribution in [0, 0.1) is 5.92 Å². The maximum absolute atomic E-state index is 11.6. The van der Waals surface area contributed by atoms with E-state index in [2.05, 4.69) is 6.92 Å². The van der Waals surface area contributed by atoms with Crippen molar-refractivity contribution in [3.63, 3.8) is 0 Å². The number of hydrogen-bond donors (Lipinski definition) is 0. The third-order valence-corrected chi connectivity index (χ3v) is 3.54. The Morgan fingerprint density at radius 3 is 2.85 bits per heavy atom. The fraction of sp³-hybridized carbons (Fsp3) is 0.750. The van der Waals surface area contributed by atoms with Gasteiger partial charge in [-0.3, -0.25) is 4.79 Å². The van der Waals surface area contributed by atoms with Crippen LogP contribution in [0.1, 0.15) is 51.9 Å². The second-order valence-electron chi connectivity index (χ2n) is 4.28. The van der Waals surface area contributed by atoms with Crippen molar-refractivity contribution in [3.8, 4) is 0 Å². The van der Waals surface area contributed by atoms with Crippen LogP contribution in [0.4, 0.5) is 0 Å². The van der Waals surface area contributed by atoms with Gasteiger partial charge in [-0.25, -0.2) is 0 Å². The highest BCUT2D eigenvalue weighted by atomic mass is 16.1. The van der Waals surface area contributed by atoms with Crippen molar-refractivity contribution in [2.24, 2.45) is 5.92 Å². The topological polar surface area (TPSA) is 17.1 Å². The molecular weight excluding hydrogens is 160 g/mol. The molecule has 13 heavy (non-hydrogen) atoms. The Hall–Kier alpha value is -0.590. The van der Waals surface area contributed by atoms with Crippen molar-refractivity contribution in [1.82, 2.24) is 0 Å². The summed E-state index contributed by atoms with van der Waals surface area (Å²) in [6.07, 6.45) is 7.99. The molecule has 0 fully saturated rings. The van der Waals surface area contributed by atoms with Gasteiger partial charge in [-0.2, -0.15) is 0 Å². The van der Waals surface area contributed by atoms with E-state index in [0.717, 1.165) is 25.2 Å². The normalized spacial score (nSPS) is 29.0. The molecule has 0 amide bonds. The van der Waals surface area contributed by atoms with Gasteiger partial charge in [-0.15, -0.1) is 0 Å². The van der Waals surface area contributed by atoms with Gasteiger partial charge in [0.05, 0.1) is 0 Å². The molecule has 1 heteroatoms. The Morgan fingerprint density at radius 1 is 1.23 bits per heavy atom. The lowest BCUT2D eigenvalue weighted by atomic mass is 9.74. The van der Waals surface area contributed by atoms with E-state index in [1.807, 2.05) is 0 Å². The molecule has 1 atom stereocenters. The van der Waals surface area contributed by atoms with Crippen LogP contribution in [0.15, 0.2) is 11.1 Å². The SMILES string of the molecule is CCC1CCCC2=C1CCCC2=O. The fourth-order valence-electron chi connectivity index (χ4n) is 2.82. The molecule has 1 nitrogen and oxygen atoms in total. The third-order valence-electron chi connectivity index (χ3n) is 3.54. The van der Waals surface area contributed by atoms with Gasteiger partial charge in [0.15, 0.2) is 5.78 Å². The Morgan fingerprint density at radius 2 is 2.08 bits per heavy atom. The molecule has 0 aromatic rings. The van der Waals surface area contributed by atoms with Crippen molar-refractivity contribution < 1.29 is 4.79 Å². The van der Waals surface area contributed by atoms with Gasteiger partial charge < -0.3 is 0 Å². The number of rotatable bonds is 1. The fourth-order valence-corrected chi connectivity index (χ4v) is 2.82. The number of carbonyl (C=O) groups is 1. The van der Waals surface area contributed by atoms with Crippen LogP contribution in [0.3, 0.4) is 0 Å². The second kappa shape index (κ2) is 3.65. The van der Waals surface area contributed by atoms with Gasteiger partial charge in [0.25, 0.3) is 0 Å². The smallest absolute Gasteiger partial charge is 0.158 e.